The molecule has 1 amide bonds. The first-order valence-electron chi connectivity index (χ1n) is 7.97. The van der Waals surface area contributed by atoms with E-state index in [-0.39, 0.29) is 29.2 Å². The van der Waals surface area contributed by atoms with Gasteiger partial charge in [-0.3, -0.25) is 4.79 Å². The minimum atomic E-state index is -2.98. The third-order valence-corrected chi connectivity index (χ3v) is 7.25. The molecule has 0 spiro atoms. The Morgan fingerprint density at radius 3 is 2.91 bits per heavy atom. The standard InChI is InChI=1S/C14H22N4O3S2/c1-17(11-6-8-23(20,21)10-11)13(19)9-22-14-16-15-12-5-3-2-4-7-18(12)14/h11H,2-10H2,1H3/t11-/m0/s1. The van der Waals surface area contributed by atoms with Gasteiger partial charge in [0.1, 0.15) is 5.82 Å². The predicted octanol–water partition coefficient (Wildman–Crippen LogP) is 0.742. The van der Waals surface area contributed by atoms with Crippen LogP contribution in [0, 0.1) is 0 Å². The summed E-state index contributed by atoms with van der Waals surface area (Å²) in [4.78, 5) is 13.9. The Bertz CT molecular complexity index is 686. The van der Waals surface area contributed by atoms with Crippen molar-refractivity contribution in [2.24, 2.45) is 0 Å². The average Bonchev–Trinajstić information content (AvgIpc) is 2.98. The van der Waals surface area contributed by atoms with Crippen LogP contribution in [0.5, 0.6) is 0 Å². The van der Waals surface area contributed by atoms with Crippen molar-refractivity contribution in [3.63, 3.8) is 0 Å². The summed E-state index contributed by atoms with van der Waals surface area (Å²) in [5, 5.41) is 9.22. The third kappa shape index (κ3) is 3.88. The second-order valence-electron chi connectivity index (χ2n) is 6.21. The molecule has 128 valence electrons. The molecule has 3 heterocycles. The minimum absolute atomic E-state index is 0.0527. The van der Waals surface area contributed by atoms with Crippen LogP contribution in [0.25, 0.3) is 0 Å². The number of sulfone groups is 1. The monoisotopic (exact) mass is 358 g/mol. The lowest BCUT2D eigenvalue weighted by Gasteiger charge is -2.23. The van der Waals surface area contributed by atoms with Crippen LogP contribution in [0.4, 0.5) is 0 Å². The minimum Gasteiger partial charge on any atom is -0.341 e. The van der Waals surface area contributed by atoms with Gasteiger partial charge in [-0.25, -0.2) is 8.42 Å². The number of aromatic nitrogens is 3. The summed E-state index contributed by atoms with van der Waals surface area (Å²) in [6.45, 7) is 0.912. The summed E-state index contributed by atoms with van der Waals surface area (Å²) in [7, 11) is -1.28. The maximum absolute atomic E-state index is 12.3. The molecule has 0 aliphatic carbocycles. The molecule has 0 bridgehead atoms. The molecule has 1 saturated heterocycles. The predicted molar refractivity (Wildman–Crippen MR) is 88.1 cm³/mol. The normalized spacial score (nSPS) is 23.3. The highest BCUT2D eigenvalue weighted by atomic mass is 32.2. The van der Waals surface area contributed by atoms with Gasteiger partial charge in [0.15, 0.2) is 15.0 Å². The smallest absolute Gasteiger partial charge is 0.233 e. The molecule has 1 aromatic rings. The molecule has 9 heteroatoms. The van der Waals surface area contributed by atoms with Crippen molar-refractivity contribution in [1.82, 2.24) is 19.7 Å². The van der Waals surface area contributed by atoms with Gasteiger partial charge in [0.2, 0.25) is 5.91 Å². The van der Waals surface area contributed by atoms with Gasteiger partial charge in [0.05, 0.1) is 17.3 Å². The van der Waals surface area contributed by atoms with Gasteiger partial charge in [-0.15, -0.1) is 10.2 Å². The number of carbonyl (C=O) groups is 1. The molecule has 3 rings (SSSR count). The van der Waals surface area contributed by atoms with Crippen LogP contribution in [-0.4, -0.2) is 64.3 Å². The van der Waals surface area contributed by atoms with Crippen molar-refractivity contribution in [1.29, 1.82) is 0 Å². The number of hydrogen-bond donors (Lipinski definition) is 0. The maximum atomic E-state index is 12.3. The van der Waals surface area contributed by atoms with Crippen LogP contribution in [-0.2, 0) is 27.6 Å². The summed E-state index contributed by atoms with van der Waals surface area (Å²) in [6, 6.07) is -0.191. The van der Waals surface area contributed by atoms with Crippen LogP contribution >= 0.6 is 11.8 Å². The van der Waals surface area contributed by atoms with E-state index >= 15 is 0 Å². The van der Waals surface area contributed by atoms with Gasteiger partial charge in [-0.05, 0) is 19.3 Å². The lowest BCUT2D eigenvalue weighted by molar-refractivity contribution is -0.128. The Morgan fingerprint density at radius 1 is 1.35 bits per heavy atom. The van der Waals surface area contributed by atoms with E-state index in [1.54, 1.807) is 11.9 Å². The van der Waals surface area contributed by atoms with Crippen LogP contribution < -0.4 is 0 Å². The van der Waals surface area contributed by atoms with Crippen molar-refractivity contribution in [2.75, 3.05) is 24.3 Å². The number of carbonyl (C=O) groups excluding carboxylic acids is 1. The number of aryl methyl sites for hydroxylation is 1. The summed E-state index contributed by atoms with van der Waals surface area (Å²) in [5.41, 5.74) is 0. The highest BCUT2D eigenvalue weighted by molar-refractivity contribution is 7.99. The lowest BCUT2D eigenvalue weighted by Crippen LogP contribution is -2.38. The largest absolute Gasteiger partial charge is 0.341 e. The highest BCUT2D eigenvalue weighted by Gasteiger charge is 2.32. The molecule has 0 saturated carbocycles. The number of rotatable bonds is 4. The molecule has 1 atom stereocenters. The van der Waals surface area contributed by atoms with E-state index in [0.29, 0.717) is 6.42 Å². The highest BCUT2D eigenvalue weighted by Crippen LogP contribution is 2.23. The van der Waals surface area contributed by atoms with Crippen LogP contribution in [0.3, 0.4) is 0 Å². The van der Waals surface area contributed by atoms with Crippen LogP contribution in [0.15, 0.2) is 5.16 Å². The Labute approximate surface area is 140 Å². The zero-order chi connectivity index (χ0) is 16.4. The Kier molecular flexibility index (Phi) is 4.96. The van der Waals surface area contributed by atoms with E-state index < -0.39 is 9.84 Å². The van der Waals surface area contributed by atoms with Crippen LogP contribution in [0.2, 0.25) is 0 Å². The Hall–Kier alpha value is -1.09. The molecule has 0 N–H and O–H groups in total. The average molecular weight is 358 g/mol. The molecule has 0 radical (unpaired) electrons. The van der Waals surface area contributed by atoms with E-state index in [9.17, 15) is 13.2 Å². The van der Waals surface area contributed by atoms with Crippen molar-refractivity contribution in [3.05, 3.63) is 5.82 Å². The number of thioether (sulfide) groups is 1. The van der Waals surface area contributed by atoms with Crippen molar-refractivity contribution in [2.45, 2.75) is 49.8 Å². The molecule has 1 aromatic heterocycles. The molecule has 1 fully saturated rings. The third-order valence-electron chi connectivity index (χ3n) is 4.55. The molecule has 23 heavy (non-hydrogen) atoms. The summed E-state index contributed by atoms with van der Waals surface area (Å²) in [5.74, 6) is 1.49. The zero-order valence-electron chi connectivity index (χ0n) is 13.3. The van der Waals surface area contributed by atoms with E-state index in [2.05, 4.69) is 14.8 Å². The van der Waals surface area contributed by atoms with Gasteiger partial charge >= 0.3 is 0 Å². The van der Waals surface area contributed by atoms with E-state index in [1.165, 1.54) is 18.2 Å². The fourth-order valence-electron chi connectivity index (χ4n) is 3.08. The van der Waals surface area contributed by atoms with Gasteiger partial charge in [0.25, 0.3) is 0 Å². The van der Waals surface area contributed by atoms with Crippen molar-refractivity contribution < 1.29 is 13.2 Å². The quantitative estimate of drug-likeness (QED) is 0.738. The topological polar surface area (TPSA) is 85.2 Å². The van der Waals surface area contributed by atoms with E-state index in [0.717, 1.165) is 36.8 Å². The number of hydrogen-bond acceptors (Lipinski definition) is 6. The first kappa shape index (κ1) is 16.8. The van der Waals surface area contributed by atoms with E-state index in [4.69, 9.17) is 0 Å². The van der Waals surface area contributed by atoms with Crippen LogP contribution in [0.1, 0.15) is 31.5 Å². The van der Waals surface area contributed by atoms with Gasteiger partial charge in [-0.1, -0.05) is 18.2 Å². The fraction of sp³-hybridized carbons (Fsp3) is 0.786. The molecule has 7 nitrogen and oxygen atoms in total. The second-order valence-corrected chi connectivity index (χ2v) is 9.38. The summed E-state index contributed by atoms with van der Waals surface area (Å²) >= 11 is 1.39. The number of amides is 1. The summed E-state index contributed by atoms with van der Waals surface area (Å²) < 4.78 is 25.2. The molecule has 0 unspecified atom stereocenters. The molecular weight excluding hydrogens is 336 g/mol. The first-order chi connectivity index (χ1) is 11.0. The molecular formula is C14H22N4O3S2. The van der Waals surface area contributed by atoms with E-state index in [1.807, 2.05) is 0 Å². The second kappa shape index (κ2) is 6.80. The van der Waals surface area contributed by atoms with Gasteiger partial charge in [0, 0.05) is 26.1 Å². The maximum Gasteiger partial charge on any atom is 0.233 e. The number of nitrogens with zero attached hydrogens (tertiary/aromatic N) is 4. The number of fused-ring (bicyclic) bond motifs is 1. The lowest BCUT2D eigenvalue weighted by atomic mass is 10.2. The Morgan fingerprint density at radius 2 is 2.17 bits per heavy atom. The molecule has 0 aromatic carbocycles. The Balaban J connectivity index is 1.58. The van der Waals surface area contributed by atoms with Gasteiger partial charge < -0.3 is 9.47 Å². The van der Waals surface area contributed by atoms with Gasteiger partial charge in [-0.2, -0.15) is 0 Å². The SMILES string of the molecule is CN(C(=O)CSc1nnc2n1CCCCC2)[C@H]1CCS(=O)(=O)C1. The molecule has 2 aliphatic rings. The first-order valence-corrected chi connectivity index (χ1v) is 10.8. The van der Waals surface area contributed by atoms with Crippen molar-refractivity contribution >= 4 is 27.5 Å². The zero-order valence-corrected chi connectivity index (χ0v) is 14.9. The summed E-state index contributed by atoms with van der Waals surface area (Å²) in [6.07, 6.45) is 4.94. The molecule has 2 aliphatic heterocycles. The fourth-order valence-corrected chi connectivity index (χ4v) is 5.76. The van der Waals surface area contributed by atoms with Crippen molar-refractivity contribution in [3.8, 4) is 0 Å².